The maximum absolute atomic E-state index is 12.1. The summed E-state index contributed by atoms with van der Waals surface area (Å²) in [5.74, 6) is -1.20. The first-order chi connectivity index (χ1) is 10.1. The predicted molar refractivity (Wildman–Crippen MR) is 73.1 cm³/mol. The van der Waals surface area contributed by atoms with Crippen molar-refractivity contribution in [2.24, 2.45) is 0 Å². The third-order valence-corrected chi connectivity index (χ3v) is 3.42. The molecule has 0 spiro atoms. The minimum Gasteiger partial charge on any atom is -0.395 e. The zero-order valence-electron chi connectivity index (χ0n) is 11.0. The van der Waals surface area contributed by atoms with Gasteiger partial charge in [-0.3, -0.25) is 19.3 Å². The smallest absolute Gasteiger partial charge is 0.277 e. The van der Waals surface area contributed by atoms with E-state index < -0.39 is 11.8 Å². The van der Waals surface area contributed by atoms with Gasteiger partial charge in [0.05, 0.1) is 24.4 Å². The fourth-order valence-electron chi connectivity index (χ4n) is 2.44. The van der Waals surface area contributed by atoms with E-state index in [-0.39, 0.29) is 24.8 Å². The molecule has 2 heterocycles. The van der Waals surface area contributed by atoms with Crippen molar-refractivity contribution in [1.29, 1.82) is 0 Å². The van der Waals surface area contributed by atoms with Gasteiger partial charge in [-0.25, -0.2) is 0 Å². The molecule has 0 saturated carbocycles. The topological polar surface area (TPSA) is 98.7 Å². The van der Waals surface area contributed by atoms with Crippen LogP contribution >= 0.6 is 0 Å². The summed E-state index contributed by atoms with van der Waals surface area (Å²) in [6.07, 6.45) is 1.17. The number of nitrogens with one attached hydrogen (secondary N) is 2. The van der Waals surface area contributed by atoms with Crippen LogP contribution < -0.4 is 10.6 Å². The van der Waals surface area contributed by atoms with Crippen molar-refractivity contribution in [1.82, 2.24) is 10.2 Å². The van der Waals surface area contributed by atoms with E-state index in [1.165, 1.54) is 6.08 Å². The molecule has 0 bridgehead atoms. The SMILES string of the molecule is O=C1NCc2cccc(NC3=CC(=O)N(CCO)C3=O)c21. The second kappa shape index (κ2) is 5.02. The van der Waals surface area contributed by atoms with Gasteiger partial charge in [-0.2, -0.15) is 0 Å². The van der Waals surface area contributed by atoms with Crippen LogP contribution in [-0.2, 0) is 16.1 Å². The summed E-state index contributed by atoms with van der Waals surface area (Å²) in [5, 5.41) is 14.4. The summed E-state index contributed by atoms with van der Waals surface area (Å²) in [4.78, 5) is 36.5. The Hall–Kier alpha value is -2.67. The van der Waals surface area contributed by atoms with Gasteiger partial charge >= 0.3 is 0 Å². The van der Waals surface area contributed by atoms with Crippen molar-refractivity contribution < 1.29 is 19.5 Å². The van der Waals surface area contributed by atoms with E-state index >= 15 is 0 Å². The quantitative estimate of drug-likeness (QED) is 0.654. The average molecular weight is 287 g/mol. The Balaban J connectivity index is 1.88. The summed E-state index contributed by atoms with van der Waals surface area (Å²) in [7, 11) is 0. The molecule has 0 aromatic heterocycles. The van der Waals surface area contributed by atoms with Crippen LogP contribution in [-0.4, -0.2) is 40.9 Å². The number of benzene rings is 1. The first-order valence-electron chi connectivity index (χ1n) is 6.47. The van der Waals surface area contributed by atoms with Gasteiger partial charge in [0.25, 0.3) is 17.7 Å². The highest BCUT2D eigenvalue weighted by Gasteiger charge is 2.32. The van der Waals surface area contributed by atoms with Crippen LogP contribution in [0.2, 0.25) is 0 Å². The number of carbonyl (C=O) groups is 3. The molecule has 3 amide bonds. The van der Waals surface area contributed by atoms with Gasteiger partial charge in [0.15, 0.2) is 0 Å². The van der Waals surface area contributed by atoms with E-state index in [1.54, 1.807) is 12.1 Å². The summed E-state index contributed by atoms with van der Waals surface area (Å²) in [6.45, 7) is 0.112. The highest BCUT2D eigenvalue weighted by molar-refractivity contribution is 6.18. The molecule has 3 rings (SSSR count). The van der Waals surface area contributed by atoms with Crippen molar-refractivity contribution in [2.75, 3.05) is 18.5 Å². The molecule has 21 heavy (non-hydrogen) atoms. The Bertz CT molecular complexity index is 681. The lowest BCUT2D eigenvalue weighted by atomic mass is 10.1. The Morgan fingerprint density at radius 3 is 2.86 bits per heavy atom. The van der Waals surface area contributed by atoms with Crippen molar-refractivity contribution in [3.05, 3.63) is 41.1 Å². The molecule has 7 nitrogen and oxygen atoms in total. The fraction of sp³-hybridized carbons (Fsp3) is 0.214. The van der Waals surface area contributed by atoms with Crippen molar-refractivity contribution in [3.8, 4) is 0 Å². The molecular weight excluding hydrogens is 274 g/mol. The molecule has 1 aromatic rings. The Morgan fingerprint density at radius 2 is 2.10 bits per heavy atom. The van der Waals surface area contributed by atoms with Gasteiger partial charge < -0.3 is 15.7 Å². The standard InChI is InChI=1S/C14H13N3O4/c18-5-4-17-11(19)6-10(14(17)21)16-9-3-1-2-8-7-15-13(20)12(8)9/h1-3,6,16,18H,4-5,7H2,(H,15,20). The zero-order valence-corrected chi connectivity index (χ0v) is 11.0. The number of fused-ring (bicyclic) bond motifs is 1. The van der Waals surface area contributed by atoms with Crippen LogP contribution in [0.1, 0.15) is 15.9 Å². The molecule has 3 N–H and O–H groups in total. The van der Waals surface area contributed by atoms with E-state index in [4.69, 9.17) is 5.11 Å². The van der Waals surface area contributed by atoms with Crippen molar-refractivity contribution in [2.45, 2.75) is 6.54 Å². The lowest BCUT2D eigenvalue weighted by Gasteiger charge is -2.14. The van der Waals surface area contributed by atoms with Gasteiger partial charge in [0.2, 0.25) is 0 Å². The number of aliphatic hydroxyl groups is 1. The number of imide groups is 1. The van der Waals surface area contributed by atoms with Crippen molar-refractivity contribution >= 4 is 23.4 Å². The van der Waals surface area contributed by atoms with Gasteiger partial charge in [0, 0.05) is 12.6 Å². The van der Waals surface area contributed by atoms with Crippen LogP contribution in [0.4, 0.5) is 5.69 Å². The van der Waals surface area contributed by atoms with E-state index in [2.05, 4.69) is 10.6 Å². The third kappa shape index (κ3) is 2.17. The molecule has 2 aliphatic rings. The number of amides is 3. The van der Waals surface area contributed by atoms with Crippen LogP contribution in [0, 0.1) is 0 Å². The van der Waals surface area contributed by atoms with Crippen LogP contribution in [0.5, 0.6) is 0 Å². The van der Waals surface area contributed by atoms with E-state index in [0.717, 1.165) is 10.5 Å². The molecule has 2 aliphatic heterocycles. The molecule has 108 valence electrons. The highest BCUT2D eigenvalue weighted by Crippen LogP contribution is 2.26. The van der Waals surface area contributed by atoms with Gasteiger partial charge in [-0.05, 0) is 11.6 Å². The summed E-state index contributed by atoms with van der Waals surface area (Å²) in [5.41, 5.74) is 1.91. The summed E-state index contributed by atoms with van der Waals surface area (Å²) >= 11 is 0. The number of nitrogens with zero attached hydrogens (tertiary/aromatic N) is 1. The number of hydrogen-bond donors (Lipinski definition) is 3. The molecule has 0 fully saturated rings. The second-order valence-corrected chi connectivity index (χ2v) is 4.72. The zero-order chi connectivity index (χ0) is 15.0. The molecule has 0 aliphatic carbocycles. The van der Waals surface area contributed by atoms with E-state index in [0.29, 0.717) is 17.8 Å². The Morgan fingerprint density at radius 1 is 1.29 bits per heavy atom. The summed E-state index contributed by atoms with van der Waals surface area (Å²) < 4.78 is 0. The second-order valence-electron chi connectivity index (χ2n) is 4.72. The number of hydrogen-bond acceptors (Lipinski definition) is 5. The predicted octanol–water partition coefficient (Wildman–Crippen LogP) is -0.413. The molecule has 7 heteroatoms. The Labute approximate surface area is 120 Å². The highest BCUT2D eigenvalue weighted by atomic mass is 16.3. The molecule has 0 saturated heterocycles. The first kappa shape index (κ1) is 13.3. The molecular formula is C14H13N3O4. The maximum atomic E-state index is 12.1. The minimum absolute atomic E-state index is 0.0489. The molecule has 0 unspecified atom stereocenters. The number of carbonyl (C=O) groups excluding carboxylic acids is 3. The maximum Gasteiger partial charge on any atom is 0.277 e. The number of rotatable bonds is 4. The first-order valence-corrected chi connectivity index (χ1v) is 6.47. The third-order valence-electron chi connectivity index (χ3n) is 3.42. The minimum atomic E-state index is -0.509. The van der Waals surface area contributed by atoms with Gasteiger partial charge in [-0.15, -0.1) is 0 Å². The number of β-amino-alcohol motifs (C(OH)–C–C–N with tert-alkyl or cyclic N) is 1. The van der Waals surface area contributed by atoms with Crippen LogP contribution in [0.25, 0.3) is 0 Å². The van der Waals surface area contributed by atoms with Crippen LogP contribution in [0.3, 0.4) is 0 Å². The largest absolute Gasteiger partial charge is 0.395 e. The normalized spacial score (nSPS) is 16.9. The Kier molecular flexibility index (Phi) is 3.19. The summed E-state index contributed by atoms with van der Waals surface area (Å²) in [6, 6.07) is 5.28. The number of aliphatic hydroxyl groups excluding tert-OH is 1. The van der Waals surface area contributed by atoms with E-state index in [1.807, 2.05) is 6.07 Å². The number of anilines is 1. The van der Waals surface area contributed by atoms with Gasteiger partial charge in [0.1, 0.15) is 5.70 Å². The molecule has 1 aromatic carbocycles. The lowest BCUT2D eigenvalue weighted by molar-refractivity contribution is -0.137. The lowest BCUT2D eigenvalue weighted by Crippen LogP contribution is -2.34. The average Bonchev–Trinajstić information content (AvgIpc) is 2.96. The van der Waals surface area contributed by atoms with Gasteiger partial charge in [-0.1, -0.05) is 12.1 Å². The van der Waals surface area contributed by atoms with Crippen LogP contribution in [0.15, 0.2) is 30.0 Å². The molecule has 0 radical (unpaired) electrons. The molecule has 0 atom stereocenters. The monoisotopic (exact) mass is 287 g/mol. The fourth-order valence-corrected chi connectivity index (χ4v) is 2.44. The van der Waals surface area contributed by atoms with E-state index in [9.17, 15) is 14.4 Å². The van der Waals surface area contributed by atoms with Crippen molar-refractivity contribution in [3.63, 3.8) is 0 Å².